The summed E-state index contributed by atoms with van der Waals surface area (Å²) in [5, 5.41) is 26.1. The van der Waals surface area contributed by atoms with E-state index in [9.17, 15) is 19.8 Å². The molecule has 0 spiro atoms. The molecule has 0 aliphatic carbocycles. The molecule has 0 saturated heterocycles. The third kappa shape index (κ3) is 8.16. The van der Waals surface area contributed by atoms with Crippen molar-refractivity contribution in [3.8, 4) is 11.5 Å². The van der Waals surface area contributed by atoms with Gasteiger partial charge in [-0.3, -0.25) is 9.59 Å². The van der Waals surface area contributed by atoms with Crippen LogP contribution in [0.4, 0.5) is 5.69 Å². The topological polar surface area (TPSA) is 111 Å². The van der Waals surface area contributed by atoms with Crippen LogP contribution < -0.4 is 10.7 Å². The number of para-hydroxylation sites is 2. The minimum Gasteiger partial charge on any atom is -0.506 e. The van der Waals surface area contributed by atoms with E-state index in [1.807, 2.05) is 0 Å². The Kier molecular flexibility index (Phi) is 9.82. The van der Waals surface area contributed by atoms with Crippen molar-refractivity contribution in [2.45, 2.75) is 38.5 Å². The Bertz CT molecular complexity index is 919. The number of nitrogens with one attached hydrogen (secondary N) is 2. The van der Waals surface area contributed by atoms with Crippen molar-refractivity contribution in [3.63, 3.8) is 0 Å². The second-order valence-corrected chi connectivity index (χ2v) is 8.37. The standard InChI is InChI=1S/C21H23Br2N3O4/c22-15-11-14(21(30)16(23)12-15)13-24-26-20(29)10-4-2-1-3-9-19(28)25-17-7-5-6-8-18(17)27/h5-8,11-13,27,30H,1-4,9-10H2,(H,25,28)(H,26,29)/b24-13+. The van der Waals surface area contributed by atoms with Crippen LogP contribution in [0.15, 0.2) is 50.4 Å². The van der Waals surface area contributed by atoms with Gasteiger partial charge in [-0.15, -0.1) is 0 Å². The van der Waals surface area contributed by atoms with Crippen LogP contribution in [0.1, 0.15) is 44.1 Å². The van der Waals surface area contributed by atoms with E-state index in [0.717, 1.165) is 17.3 Å². The summed E-state index contributed by atoms with van der Waals surface area (Å²) in [6, 6.07) is 9.99. The van der Waals surface area contributed by atoms with E-state index in [4.69, 9.17) is 0 Å². The van der Waals surface area contributed by atoms with Gasteiger partial charge in [0.15, 0.2) is 0 Å². The molecule has 0 aromatic heterocycles. The molecule has 0 saturated carbocycles. The van der Waals surface area contributed by atoms with E-state index in [-0.39, 0.29) is 23.3 Å². The molecule has 4 N–H and O–H groups in total. The van der Waals surface area contributed by atoms with Gasteiger partial charge in [0, 0.05) is 22.9 Å². The third-order valence-corrected chi connectivity index (χ3v) is 5.25. The van der Waals surface area contributed by atoms with Crippen molar-refractivity contribution in [1.29, 1.82) is 0 Å². The van der Waals surface area contributed by atoms with Gasteiger partial charge < -0.3 is 15.5 Å². The van der Waals surface area contributed by atoms with Crippen molar-refractivity contribution in [3.05, 3.63) is 50.9 Å². The first kappa shape index (κ1) is 23.9. The predicted molar refractivity (Wildman–Crippen MR) is 124 cm³/mol. The number of rotatable bonds is 10. The lowest BCUT2D eigenvalue weighted by atomic mass is 10.1. The van der Waals surface area contributed by atoms with E-state index in [2.05, 4.69) is 47.7 Å². The number of phenols is 2. The first-order valence-electron chi connectivity index (χ1n) is 9.44. The molecule has 0 aliphatic heterocycles. The summed E-state index contributed by atoms with van der Waals surface area (Å²) >= 11 is 6.56. The number of unbranched alkanes of at least 4 members (excludes halogenated alkanes) is 3. The molecule has 0 atom stereocenters. The van der Waals surface area contributed by atoms with E-state index < -0.39 is 0 Å². The molecule has 160 valence electrons. The molecule has 7 nitrogen and oxygen atoms in total. The fraction of sp³-hybridized carbons (Fsp3) is 0.286. The number of aromatic hydroxyl groups is 2. The summed E-state index contributed by atoms with van der Waals surface area (Å²) in [5.41, 5.74) is 3.32. The molecular formula is C21H23Br2N3O4. The number of phenolic OH excluding ortho intramolecular Hbond substituents is 2. The lowest BCUT2D eigenvalue weighted by molar-refractivity contribution is -0.121. The maximum Gasteiger partial charge on any atom is 0.240 e. The maximum absolute atomic E-state index is 11.9. The summed E-state index contributed by atoms with van der Waals surface area (Å²) in [7, 11) is 0. The van der Waals surface area contributed by atoms with Gasteiger partial charge in [-0.1, -0.05) is 40.9 Å². The Morgan fingerprint density at radius 1 is 0.967 bits per heavy atom. The van der Waals surface area contributed by atoms with Gasteiger partial charge in [-0.05, 0) is 53.0 Å². The van der Waals surface area contributed by atoms with Gasteiger partial charge in [0.1, 0.15) is 11.5 Å². The SMILES string of the molecule is O=C(CCCCCCC(=O)Nc1ccccc1O)N/N=C/c1cc(Br)cc(Br)c1O. The van der Waals surface area contributed by atoms with E-state index in [0.29, 0.717) is 41.4 Å². The van der Waals surface area contributed by atoms with Gasteiger partial charge in [-0.2, -0.15) is 5.10 Å². The van der Waals surface area contributed by atoms with Gasteiger partial charge in [0.2, 0.25) is 11.8 Å². The van der Waals surface area contributed by atoms with E-state index in [1.54, 1.807) is 30.3 Å². The number of amides is 2. The number of benzene rings is 2. The fourth-order valence-electron chi connectivity index (χ4n) is 2.63. The number of nitrogens with zero attached hydrogens (tertiary/aromatic N) is 1. The van der Waals surface area contributed by atoms with E-state index in [1.165, 1.54) is 12.3 Å². The Labute approximate surface area is 191 Å². The zero-order valence-electron chi connectivity index (χ0n) is 16.2. The molecule has 0 bridgehead atoms. The lowest BCUT2D eigenvalue weighted by Crippen LogP contribution is -2.17. The van der Waals surface area contributed by atoms with Crippen molar-refractivity contribution in [2.24, 2.45) is 5.10 Å². The highest BCUT2D eigenvalue weighted by Crippen LogP contribution is 2.30. The number of anilines is 1. The second-order valence-electron chi connectivity index (χ2n) is 6.60. The quantitative estimate of drug-likeness (QED) is 0.146. The summed E-state index contributed by atoms with van der Waals surface area (Å²) in [6.07, 6.45) is 5.11. The van der Waals surface area contributed by atoms with Gasteiger partial charge >= 0.3 is 0 Å². The zero-order chi connectivity index (χ0) is 21.9. The van der Waals surface area contributed by atoms with Crippen LogP contribution in [0.5, 0.6) is 11.5 Å². The molecular weight excluding hydrogens is 518 g/mol. The van der Waals surface area contributed by atoms with Crippen molar-refractivity contribution in [2.75, 3.05) is 5.32 Å². The van der Waals surface area contributed by atoms with Crippen molar-refractivity contribution >= 4 is 55.6 Å². The lowest BCUT2D eigenvalue weighted by Gasteiger charge is -2.06. The number of carbonyl (C=O) groups excluding carboxylic acids is 2. The van der Waals surface area contributed by atoms with Crippen LogP contribution in [-0.2, 0) is 9.59 Å². The van der Waals surface area contributed by atoms with Gasteiger partial charge in [0.25, 0.3) is 0 Å². The molecule has 0 radical (unpaired) electrons. The summed E-state index contributed by atoms with van der Waals surface area (Å²) in [6.45, 7) is 0. The molecule has 0 fully saturated rings. The molecule has 2 aromatic rings. The average Bonchev–Trinajstić information content (AvgIpc) is 2.70. The zero-order valence-corrected chi connectivity index (χ0v) is 19.4. The Morgan fingerprint density at radius 3 is 2.33 bits per heavy atom. The summed E-state index contributed by atoms with van der Waals surface area (Å²) in [4.78, 5) is 23.7. The molecule has 2 amide bonds. The highest BCUT2D eigenvalue weighted by Gasteiger charge is 2.07. The van der Waals surface area contributed by atoms with Crippen LogP contribution in [0, 0.1) is 0 Å². The molecule has 2 rings (SSSR count). The number of hydrogen-bond donors (Lipinski definition) is 4. The first-order valence-corrected chi connectivity index (χ1v) is 11.0. The van der Waals surface area contributed by atoms with Crippen LogP contribution in [0.25, 0.3) is 0 Å². The molecule has 0 heterocycles. The highest BCUT2D eigenvalue weighted by atomic mass is 79.9. The predicted octanol–water partition coefficient (Wildman–Crippen LogP) is 5.05. The maximum atomic E-state index is 11.9. The average molecular weight is 541 g/mol. The van der Waals surface area contributed by atoms with Gasteiger partial charge in [0.05, 0.1) is 16.4 Å². The highest BCUT2D eigenvalue weighted by molar-refractivity contribution is 9.11. The largest absolute Gasteiger partial charge is 0.506 e. The number of hydrogen-bond acceptors (Lipinski definition) is 5. The molecule has 0 aliphatic rings. The Hall–Kier alpha value is -2.39. The fourth-order valence-corrected chi connectivity index (χ4v) is 3.89. The molecule has 2 aromatic carbocycles. The summed E-state index contributed by atoms with van der Waals surface area (Å²) in [5.74, 6) is -0.270. The number of halogens is 2. The first-order chi connectivity index (χ1) is 14.4. The van der Waals surface area contributed by atoms with Crippen LogP contribution in [0.3, 0.4) is 0 Å². The minimum atomic E-state index is -0.211. The Morgan fingerprint density at radius 2 is 1.63 bits per heavy atom. The molecule has 9 heteroatoms. The summed E-state index contributed by atoms with van der Waals surface area (Å²) < 4.78 is 1.30. The molecule has 0 unspecified atom stereocenters. The van der Waals surface area contributed by atoms with Crippen LogP contribution >= 0.6 is 31.9 Å². The van der Waals surface area contributed by atoms with Gasteiger partial charge in [-0.25, -0.2) is 5.43 Å². The third-order valence-electron chi connectivity index (χ3n) is 4.19. The monoisotopic (exact) mass is 539 g/mol. The Balaban J connectivity index is 1.59. The van der Waals surface area contributed by atoms with Crippen LogP contribution in [0.2, 0.25) is 0 Å². The number of hydrazone groups is 1. The van der Waals surface area contributed by atoms with Crippen molar-refractivity contribution in [1.82, 2.24) is 5.43 Å². The minimum absolute atomic E-state index is 0.0438. The second kappa shape index (κ2) is 12.3. The van der Waals surface area contributed by atoms with E-state index >= 15 is 0 Å². The van der Waals surface area contributed by atoms with Crippen LogP contribution in [-0.4, -0.2) is 28.2 Å². The normalized spacial score (nSPS) is 10.9. The smallest absolute Gasteiger partial charge is 0.240 e. The van der Waals surface area contributed by atoms with Crippen molar-refractivity contribution < 1.29 is 19.8 Å². The number of carbonyl (C=O) groups is 2. The molecule has 30 heavy (non-hydrogen) atoms.